The molecule has 7 heteroatoms. The molecule has 7 nitrogen and oxygen atoms in total. The number of nitrogens with zero attached hydrogens (tertiary/aromatic N) is 1. The summed E-state index contributed by atoms with van der Waals surface area (Å²) >= 11 is 0. The Kier molecular flexibility index (Phi) is 8.37. The van der Waals surface area contributed by atoms with Crippen LogP contribution in [0.3, 0.4) is 0 Å². The van der Waals surface area contributed by atoms with E-state index in [1.54, 1.807) is 30.3 Å². The minimum Gasteiger partial charge on any atom is -0.490 e. The summed E-state index contributed by atoms with van der Waals surface area (Å²) in [6.45, 7) is 2.66. The summed E-state index contributed by atoms with van der Waals surface area (Å²) in [6, 6.07) is 27.7. The molecule has 0 heterocycles. The van der Waals surface area contributed by atoms with Gasteiger partial charge in [-0.3, -0.25) is 4.79 Å². The Morgan fingerprint density at radius 1 is 0.895 bits per heavy atom. The second-order valence-electron chi connectivity index (χ2n) is 8.30. The molecule has 0 fully saturated rings. The van der Waals surface area contributed by atoms with Crippen LogP contribution in [0, 0.1) is 11.3 Å². The fourth-order valence-corrected chi connectivity index (χ4v) is 3.81. The maximum absolute atomic E-state index is 12.7. The number of nitriles is 1. The van der Waals surface area contributed by atoms with E-state index < -0.39 is 11.9 Å². The molecular weight excluding hydrogens is 480 g/mol. The molecule has 0 aliphatic carbocycles. The van der Waals surface area contributed by atoms with Gasteiger partial charge in [0.25, 0.3) is 5.91 Å². The SMILES string of the molecule is CCOc1cc(/C=C(\C#N)C(=O)Nc2ccc(C(=O)OC)cc2)ccc1OCc1ccc2ccccc2c1. The Balaban J connectivity index is 1.48. The molecule has 0 aliphatic rings. The average molecular weight is 507 g/mol. The Bertz CT molecular complexity index is 1530. The molecule has 0 aromatic heterocycles. The standard InChI is InChI=1S/C31H26N2O5/c1-3-37-29-18-21(9-15-28(29)38-20-22-8-10-23-6-4-5-7-25(23)17-22)16-26(19-32)30(34)33-27-13-11-24(12-14-27)31(35)36-2/h4-18H,3,20H2,1-2H3,(H,33,34)/b26-16+. The third kappa shape index (κ3) is 6.37. The fraction of sp³-hybridized carbons (Fsp3) is 0.129. The predicted molar refractivity (Wildman–Crippen MR) is 146 cm³/mol. The maximum atomic E-state index is 12.7. The van der Waals surface area contributed by atoms with Gasteiger partial charge >= 0.3 is 5.97 Å². The van der Waals surface area contributed by atoms with Crippen molar-refractivity contribution in [2.24, 2.45) is 0 Å². The summed E-state index contributed by atoms with van der Waals surface area (Å²) in [7, 11) is 1.29. The van der Waals surface area contributed by atoms with Gasteiger partial charge in [-0.25, -0.2) is 4.79 Å². The van der Waals surface area contributed by atoms with E-state index in [-0.39, 0.29) is 5.57 Å². The van der Waals surface area contributed by atoms with Crippen molar-refractivity contribution < 1.29 is 23.8 Å². The molecule has 0 spiro atoms. The zero-order valence-electron chi connectivity index (χ0n) is 21.1. The van der Waals surface area contributed by atoms with Gasteiger partial charge in [0.15, 0.2) is 11.5 Å². The average Bonchev–Trinajstić information content (AvgIpc) is 2.95. The molecule has 0 saturated carbocycles. The van der Waals surface area contributed by atoms with E-state index in [1.807, 2.05) is 31.2 Å². The highest BCUT2D eigenvalue weighted by molar-refractivity contribution is 6.09. The quantitative estimate of drug-likeness (QED) is 0.166. The summed E-state index contributed by atoms with van der Waals surface area (Å²) < 4.78 is 16.5. The zero-order valence-corrected chi connectivity index (χ0v) is 21.1. The normalized spacial score (nSPS) is 10.9. The van der Waals surface area contributed by atoms with Gasteiger partial charge in [0.1, 0.15) is 18.2 Å². The number of esters is 1. The smallest absolute Gasteiger partial charge is 0.337 e. The van der Waals surface area contributed by atoms with Crippen LogP contribution < -0.4 is 14.8 Å². The summed E-state index contributed by atoms with van der Waals surface area (Å²) in [5, 5.41) is 14.6. The van der Waals surface area contributed by atoms with Crippen molar-refractivity contribution in [3.05, 3.63) is 107 Å². The molecule has 190 valence electrons. The number of hydrogen-bond acceptors (Lipinski definition) is 6. The first-order valence-corrected chi connectivity index (χ1v) is 12.0. The highest BCUT2D eigenvalue weighted by Crippen LogP contribution is 2.30. The number of benzene rings is 4. The minimum absolute atomic E-state index is 0.0886. The molecule has 4 aromatic rings. The number of fused-ring (bicyclic) bond motifs is 1. The minimum atomic E-state index is -0.576. The number of methoxy groups -OCH3 is 1. The third-order valence-electron chi connectivity index (χ3n) is 5.72. The number of carbonyl (C=O) groups is 2. The van der Waals surface area contributed by atoms with Crippen LogP contribution in [-0.4, -0.2) is 25.6 Å². The molecule has 38 heavy (non-hydrogen) atoms. The molecule has 0 bridgehead atoms. The highest BCUT2D eigenvalue weighted by Gasteiger charge is 2.13. The Morgan fingerprint density at radius 2 is 1.66 bits per heavy atom. The number of nitrogens with one attached hydrogen (secondary N) is 1. The summed E-state index contributed by atoms with van der Waals surface area (Å²) in [5.41, 5.74) is 2.34. The zero-order chi connectivity index (χ0) is 26.9. The molecule has 4 rings (SSSR count). The summed E-state index contributed by atoms with van der Waals surface area (Å²) in [4.78, 5) is 24.3. The van der Waals surface area contributed by atoms with Crippen molar-refractivity contribution in [1.29, 1.82) is 5.26 Å². The number of rotatable bonds is 9. The molecule has 0 radical (unpaired) electrons. The van der Waals surface area contributed by atoms with Crippen LogP contribution in [0.2, 0.25) is 0 Å². The van der Waals surface area contributed by atoms with Crippen LogP contribution in [0.5, 0.6) is 11.5 Å². The van der Waals surface area contributed by atoms with Gasteiger partial charge in [0.2, 0.25) is 0 Å². The third-order valence-corrected chi connectivity index (χ3v) is 5.72. The fourth-order valence-electron chi connectivity index (χ4n) is 3.81. The van der Waals surface area contributed by atoms with Gasteiger partial charge in [-0.05, 0) is 77.4 Å². The molecule has 0 atom stereocenters. The van der Waals surface area contributed by atoms with E-state index in [4.69, 9.17) is 9.47 Å². The van der Waals surface area contributed by atoms with E-state index in [1.165, 1.54) is 25.3 Å². The number of amides is 1. The largest absolute Gasteiger partial charge is 0.490 e. The van der Waals surface area contributed by atoms with E-state index in [0.717, 1.165) is 16.3 Å². The number of carbonyl (C=O) groups excluding carboxylic acids is 2. The Labute approximate surface area is 220 Å². The van der Waals surface area contributed by atoms with Crippen LogP contribution in [0.15, 0.2) is 90.5 Å². The van der Waals surface area contributed by atoms with E-state index in [2.05, 4.69) is 34.3 Å². The lowest BCUT2D eigenvalue weighted by atomic mass is 10.1. The first kappa shape index (κ1) is 26.0. The van der Waals surface area contributed by atoms with Crippen LogP contribution in [0.25, 0.3) is 16.8 Å². The first-order chi connectivity index (χ1) is 18.5. The van der Waals surface area contributed by atoms with Gasteiger partial charge < -0.3 is 19.5 Å². The van der Waals surface area contributed by atoms with Crippen molar-refractivity contribution >= 4 is 34.4 Å². The molecule has 0 aliphatic heterocycles. The maximum Gasteiger partial charge on any atom is 0.337 e. The van der Waals surface area contributed by atoms with Crippen molar-refractivity contribution in [1.82, 2.24) is 0 Å². The number of anilines is 1. The monoisotopic (exact) mass is 506 g/mol. The summed E-state index contributed by atoms with van der Waals surface area (Å²) in [5.74, 6) is 0.0205. The van der Waals surface area contributed by atoms with Crippen LogP contribution in [0.4, 0.5) is 5.69 Å². The molecule has 0 saturated heterocycles. The lowest BCUT2D eigenvalue weighted by Crippen LogP contribution is -2.13. The van der Waals surface area contributed by atoms with Crippen LogP contribution >= 0.6 is 0 Å². The topological polar surface area (TPSA) is 97.7 Å². The molecule has 1 amide bonds. The van der Waals surface area contributed by atoms with Gasteiger partial charge in [-0.15, -0.1) is 0 Å². The van der Waals surface area contributed by atoms with E-state index in [9.17, 15) is 14.9 Å². The molecule has 4 aromatic carbocycles. The lowest BCUT2D eigenvalue weighted by molar-refractivity contribution is -0.112. The van der Waals surface area contributed by atoms with Gasteiger partial charge in [0.05, 0.1) is 19.3 Å². The second-order valence-corrected chi connectivity index (χ2v) is 8.30. The predicted octanol–water partition coefficient (Wildman–Crippen LogP) is 6.15. The van der Waals surface area contributed by atoms with E-state index >= 15 is 0 Å². The number of ether oxygens (including phenoxy) is 3. The van der Waals surface area contributed by atoms with Gasteiger partial charge in [-0.1, -0.05) is 42.5 Å². The van der Waals surface area contributed by atoms with Crippen molar-refractivity contribution in [3.8, 4) is 17.6 Å². The van der Waals surface area contributed by atoms with E-state index in [0.29, 0.717) is 41.5 Å². The molecular formula is C31H26N2O5. The van der Waals surface area contributed by atoms with Gasteiger partial charge in [0, 0.05) is 5.69 Å². The van der Waals surface area contributed by atoms with Crippen molar-refractivity contribution in [3.63, 3.8) is 0 Å². The first-order valence-electron chi connectivity index (χ1n) is 12.0. The van der Waals surface area contributed by atoms with Crippen LogP contribution in [0.1, 0.15) is 28.4 Å². The van der Waals surface area contributed by atoms with Crippen LogP contribution in [-0.2, 0) is 16.1 Å². The number of hydrogen-bond donors (Lipinski definition) is 1. The molecule has 0 unspecified atom stereocenters. The molecule has 1 N–H and O–H groups in total. The Hall–Kier alpha value is -5.09. The van der Waals surface area contributed by atoms with Gasteiger partial charge in [-0.2, -0.15) is 5.26 Å². The lowest BCUT2D eigenvalue weighted by Gasteiger charge is -2.13. The van der Waals surface area contributed by atoms with Crippen molar-refractivity contribution in [2.45, 2.75) is 13.5 Å². The Morgan fingerprint density at radius 3 is 2.37 bits per heavy atom. The van der Waals surface area contributed by atoms with Crippen molar-refractivity contribution in [2.75, 3.05) is 19.0 Å². The highest BCUT2D eigenvalue weighted by atomic mass is 16.5. The summed E-state index contributed by atoms with van der Waals surface area (Å²) in [6.07, 6.45) is 1.48. The second kappa shape index (κ2) is 12.2.